The fraction of sp³-hybridized carbons (Fsp3) is 0.556. The highest BCUT2D eigenvalue weighted by molar-refractivity contribution is 7.62. The molecule has 2 atom stereocenters. The van der Waals surface area contributed by atoms with Gasteiger partial charge in [-0.15, -0.1) is 0 Å². The van der Waals surface area contributed by atoms with Crippen molar-refractivity contribution in [2.45, 2.75) is 46.5 Å². The fourth-order valence-corrected chi connectivity index (χ4v) is 8.45. The monoisotopic (exact) mass is 370 g/mol. The molecule has 136 valence electrons. The second-order valence-electron chi connectivity index (χ2n) is 6.85. The van der Waals surface area contributed by atoms with Crippen molar-refractivity contribution in [3.8, 4) is 0 Å². The molecule has 0 spiro atoms. The van der Waals surface area contributed by atoms with Gasteiger partial charge in [-0.3, -0.25) is 4.57 Å². The Kier molecular flexibility index (Phi) is 8.10. The van der Waals surface area contributed by atoms with Crippen LogP contribution in [0.1, 0.15) is 32.4 Å². The summed E-state index contributed by atoms with van der Waals surface area (Å²) < 4.78 is 24.4. The molecule has 1 aromatic carbocycles. The molecule has 0 saturated carbocycles. The van der Waals surface area contributed by atoms with Crippen molar-refractivity contribution < 1.29 is 18.7 Å². The van der Waals surface area contributed by atoms with E-state index in [-0.39, 0.29) is 5.92 Å². The zero-order chi connectivity index (χ0) is 18.4. The minimum Gasteiger partial charge on any atom is -0.388 e. The van der Waals surface area contributed by atoms with E-state index in [4.69, 9.17) is 9.05 Å². The van der Waals surface area contributed by atoms with Gasteiger partial charge in [0.1, 0.15) is 0 Å². The lowest BCUT2D eigenvalue weighted by Crippen LogP contribution is -2.26. The van der Waals surface area contributed by atoms with Crippen LogP contribution in [0, 0.1) is 5.92 Å². The van der Waals surface area contributed by atoms with Crippen molar-refractivity contribution in [3.63, 3.8) is 0 Å². The Morgan fingerprint density at radius 3 is 2.08 bits per heavy atom. The molecular weight excluding hydrogens is 339 g/mol. The molecule has 0 heterocycles. The van der Waals surface area contributed by atoms with Gasteiger partial charge < -0.3 is 14.2 Å². The summed E-state index contributed by atoms with van der Waals surface area (Å²) in [6.07, 6.45) is 1.25. The SMILES string of the molecule is CCOP(=O)(OCC)/C(=C\C(C)C(O)c1ccccc1)[Si](C)(C)C. The molecule has 24 heavy (non-hydrogen) atoms. The molecule has 0 aliphatic heterocycles. The van der Waals surface area contributed by atoms with Gasteiger partial charge in [0.05, 0.1) is 27.4 Å². The van der Waals surface area contributed by atoms with Crippen LogP contribution in [0.5, 0.6) is 0 Å². The zero-order valence-electron chi connectivity index (χ0n) is 15.7. The average Bonchev–Trinajstić information content (AvgIpc) is 2.51. The van der Waals surface area contributed by atoms with Gasteiger partial charge in [-0.2, -0.15) is 0 Å². The Labute approximate surface area is 147 Å². The molecule has 1 N–H and O–H groups in total. The van der Waals surface area contributed by atoms with Crippen molar-refractivity contribution in [3.05, 3.63) is 46.9 Å². The average molecular weight is 371 g/mol. The van der Waals surface area contributed by atoms with E-state index in [1.807, 2.05) is 57.2 Å². The Balaban J connectivity index is 3.24. The number of hydrogen-bond acceptors (Lipinski definition) is 4. The van der Waals surface area contributed by atoms with E-state index in [2.05, 4.69) is 19.6 Å². The lowest BCUT2D eigenvalue weighted by Gasteiger charge is -2.30. The van der Waals surface area contributed by atoms with Crippen molar-refractivity contribution in [2.24, 2.45) is 5.92 Å². The van der Waals surface area contributed by atoms with Gasteiger partial charge in [-0.25, -0.2) is 0 Å². The number of hydrogen-bond donors (Lipinski definition) is 1. The van der Waals surface area contributed by atoms with Crippen LogP contribution in [0.4, 0.5) is 0 Å². The van der Waals surface area contributed by atoms with Gasteiger partial charge in [-0.1, -0.05) is 63.0 Å². The van der Waals surface area contributed by atoms with Gasteiger partial charge in [0.2, 0.25) is 0 Å². The first-order valence-corrected chi connectivity index (χ1v) is 13.5. The molecule has 2 unspecified atom stereocenters. The zero-order valence-corrected chi connectivity index (χ0v) is 17.5. The van der Waals surface area contributed by atoms with Crippen LogP contribution in [0.15, 0.2) is 41.3 Å². The van der Waals surface area contributed by atoms with Gasteiger partial charge in [-0.05, 0) is 19.4 Å². The van der Waals surface area contributed by atoms with Crippen LogP contribution in [-0.2, 0) is 13.6 Å². The third-order valence-corrected chi connectivity index (χ3v) is 10.2. The van der Waals surface area contributed by atoms with Crippen LogP contribution < -0.4 is 0 Å². The number of aliphatic hydroxyl groups excluding tert-OH is 1. The third-order valence-electron chi connectivity index (χ3n) is 3.72. The summed E-state index contributed by atoms with van der Waals surface area (Å²) in [4.78, 5) is 0.751. The molecule has 0 aliphatic rings. The smallest absolute Gasteiger partial charge is 0.353 e. The third kappa shape index (κ3) is 5.68. The predicted molar refractivity (Wildman–Crippen MR) is 103 cm³/mol. The van der Waals surface area contributed by atoms with E-state index in [1.54, 1.807) is 0 Å². The maximum atomic E-state index is 13.3. The molecule has 4 nitrogen and oxygen atoms in total. The molecule has 0 aliphatic carbocycles. The summed E-state index contributed by atoms with van der Waals surface area (Å²) >= 11 is 0. The lowest BCUT2D eigenvalue weighted by atomic mass is 9.98. The summed E-state index contributed by atoms with van der Waals surface area (Å²) in [6.45, 7) is 12.6. The van der Waals surface area contributed by atoms with E-state index >= 15 is 0 Å². The highest BCUT2D eigenvalue weighted by atomic mass is 31.2. The van der Waals surface area contributed by atoms with Gasteiger partial charge in [0, 0.05) is 10.9 Å². The number of benzene rings is 1. The molecule has 0 fully saturated rings. The molecule has 1 aromatic rings. The highest BCUT2D eigenvalue weighted by Gasteiger charge is 2.39. The Bertz CT molecular complexity index is 570. The van der Waals surface area contributed by atoms with Gasteiger partial charge in [0.15, 0.2) is 0 Å². The maximum Gasteiger partial charge on any atom is 0.353 e. The first kappa shape index (κ1) is 21.3. The molecule has 1 rings (SSSR count). The molecule has 0 radical (unpaired) electrons. The molecule has 0 bridgehead atoms. The molecule has 0 saturated heterocycles. The minimum atomic E-state index is -3.32. The molecule has 0 aromatic heterocycles. The summed E-state index contributed by atoms with van der Waals surface area (Å²) in [7, 11) is -5.29. The Hall–Kier alpha value is -0.713. The number of aliphatic hydroxyl groups is 1. The Morgan fingerprint density at radius 1 is 1.17 bits per heavy atom. The maximum absolute atomic E-state index is 13.3. The second-order valence-corrected chi connectivity index (χ2v) is 14.3. The quantitative estimate of drug-likeness (QED) is 0.468. The van der Waals surface area contributed by atoms with Crippen LogP contribution in [-0.4, -0.2) is 26.4 Å². The summed E-state index contributed by atoms with van der Waals surface area (Å²) in [5.74, 6) is -0.191. The van der Waals surface area contributed by atoms with Crippen LogP contribution in [0.2, 0.25) is 19.6 Å². The highest BCUT2D eigenvalue weighted by Crippen LogP contribution is 2.59. The Morgan fingerprint density at radius 2 is 1.67 bits per heavy atom. The van der Waals surface area contributed by atoms with Gasteiger partial charge >= 0.3 is 7.60 Å². The standard InChI is InChI=1S/C18H31O4PSi/c1-7-21-23(20,22-8-2)17(24(4,5)6)14-15(3)18(19)16-12-10-9-11-13-16/h9-15,18-19H,7-8H2,1-6H3/b17-14+. The number of rotatable bonds is 9. The fourth-order valence-electron chi connectivity index (χ4n) is 2.56. The predicted octanol–water partition coefficient (Wildman–Crippen LogP) is 5.38. The van der Waals surface area contributed by atoms with E-state index in [0.29, 0.717) is 13.2 Å². The first-order valence-electron chi connectivity index (χ1n) is 8.50. The normalized spacial score (nSPS) is 16.0. The molecular formula is C18H31O4PSi. The summed E-state index contributed by atoms with van der Waals surface area (Å²) in [5, 5.41) is 10.6. The summed E-state index contributed by atoms with van der Waals surface area (Å²) in [5.41, 5.74) is 0.846. The van der Waals surface area contributed by atoms with Crippen molar-refractivity contribution in [1.29, 1.82) is 0 Å². The van der Waals surface area contributed by atoms with Gasteiger partial charge in [0.25, 0.3) is 0 Å². The van der Waals surface area contributed by atoms with E-state index < -0.39 is 21.8 Å². The van der Waals surface area contributed by atoms with Crippen molar-refractivity contribution >= 4 is 15.7 Å². The van der Waals surface area contributed by atoms with Crippen LogP contribution in [0.25, 0.3) is 0 Å². The second kappa shape index (κ2) is 9.11. The van der Waals surface area contributed by atoms with Crippen molar-refractivity contribution in [1.82, 2.24) is 0 Å². The molecule has 0 amide bonds. The lowest BCUT2D eigenvalue weighted by molar-refractivity contribution is 0.139. The van der Waals surface area contributed by atoms with Crippen LogP contribution in [0.3, 0.4) is 0 Å². The van der Waals surface area contributed by atoms with E-state index in [9.17, 15) is 9.67 Å². The molecule has 6 heteroatoms. The first-order chi connectivity index (χ1) is 11.2. The van der Waals surface area contributed by atoms with E-state index in [0.717, 1.165) is 10.5 Å². The van der Waals surface area contributed by atoms with Crippen LogP contribution >= 0.6 is 7.60 Å². The summed E-state index contributed by atoms with van der Waals surface area (Å²) in [6, 6.07) is 9.52. The topological polar surface area (TPSA) is 55.8 Å². The van der Waals surface area contributed by atoms with Crippen molar-refractivity contribution in [2.75, 3.05) is 13.2 Å². The largest absolute Gasteiger partial charge is 0.388 e. The minimum absolute atomic E-state index is 0.191. The van der Waals surface area contributed by atoms with E-state index in [1.165, 1.54) is 0 Å².